The molecule has 0 aromatic carbocycles. The van der Waals surface area contributed by atoms with Crippen LogP contribution in [0.25, 0.3) is 11.5 Å². The van der Waals surface area contributed by atoms with E-state index in [0.29, 0.717) is 11.5 Å². The van der Waals surface area contributed by atoms with E-state index in [1.807, 2.05) is 13.0 Å². The van der Waals surface area contributed by atoms with E-state index >= 15 is 0 Å². The van der Waals surface area contributed by atoms with Gasteiger partial charge in [-0.15, -0.1) is 0 Å². The van der Waals surface area contributed by atoms with Crippen LogP contribution in [-0.4, -0.2) is 10.2 Å². The maximum absolute atomic E-state index is 10.9. The maximum atomic E-state index is 10.9. The molecule has 3 N–H and O–H groups in total. The van der Waals surface area contributed by atoms with Crippen molar-refractivity contribution in [1.82, 2.24) is 10.2 Å². The van der Waals surface area contributed by atoms with Crippen LogP contribution in [0.4, 0.5) is 5.69 Å². The first-order chi connectivity index (χ1) is 6.66. The highest BCUT2D eigenvalue weighted by atomic mass is 16.3. The molecule has 5 heteroatoms. The number of H-pyrrole nitrogens is 1. The van der Waals surface area contributed by atoms with E-state index in [2.05, 4.69) is 10.2 Å². The number of hydrogen-bond donors (Lipinski definition) is 2. The van der Waals surface area contributed by atoms with Gasteiger partial charge in [0.15, 0.2) is 5.76 Å². The van der Waals surface area contributed by atoms with Crippen LogP contribution in [0.1, 0.15) is 5.76 Å². The van der Waals surface area contributed by atoms with Crippen molar-refractivity contribution in [3.63, 3.8) is 0 Å². The number of aromatic nitrogens is 2. The zero-order chi connectivity index (χ0) is 10.1. The van der Waals surface area contributed by atoms with Crippen molar-refractivity contribution in [3.05, 3.63) is 34.3 Å². The van der Waals surface area contributed by atoms with Gasteiger partial charge in [0.1, 0.15) is 17.1 Å². The number of nitrogens with zero attached hydrogens (tertiary/aromatic N) is 1. The van der Waals surface area contributed by atoms with Crippen molar-refractivity contribution >= 4 is 5.69 Å². The highest BCUT2D eigenvalue weighted by Gasteiger charge is 2.05. The van der Waals surface area contributed by atoms with Crippen LogP contribution in [0.3, 0.4) is 0 Å². The molecule has 2 heterocycles. The van der Waals surface area contributed by atoms with Crippen molar-refractivity contribution in [1.29, 1.82) is 0 Å². The lowest BCUT2D eigenvalue weighted by Gasteiger charge is -1.96. The SMILES string of the molecule is Cc1ccc(-c2cc(N)c(=O)[nH]n2)o1. The smallest absolute Gasteiger partial charge is 0.287 e. The van der Waals surface area contributed by atoms with E-state index in [-0.39, 0.29) is 5.69 Å². The number of hydrogen-bond acceptors (Lipinski definition) is 4. The Labute approximate surface area is 79.6 Å². The third kappa shape index (κ3) is 1.39. The number of nitrogens with one attached hydrogen (secondary N) is 1. The summed E-state index contributed by atoms with van der Waals surface area (Å²) in [7, 11) is 0. The molecule has 72 valence electrons. The molecule has 0 aliphatic rings. The lowest BCUT2D eigenvalue weighted by molar-refractivity contribution is 0.545. The molecule has 0 amide bonds. The van der Waals surface area contributed by atoms with Crippen LogP contribution in [0.15, 0.2) is 27.4 Å². The first kappa shape index (κ1) is 8.55. The Kier molecular flexibility index (Phi) is 1.85. The summed E-state index contributed by atoms with van der Waals surface area (Å²) in [5.74, 6) is 1.37. The van der Waals surface area contributed by atoms with E-state index in [1.54, 1.807) is 6.07 Å². The largest absolute Gasteiger partial charge is 0.460 e. The van der Waals surface area contributed by atoms with Crippen molar-refractivity contribution in [2.75, 3.05) is 5.73 Å². The van der Waals surface area contributed by atoms with Crippen LogP contribution < -0.4 is 11.3 Å². The molecule has 0 saturated carbocycles. The molecule has 0 aliphatic heterocycles. The highest BCUT2D eigenvalue weighted by Crippen LogP contribution is 2.19. The van der Waals surface area contributed by atoms with Gasteiger partial charge in [0.2, 0.25) is 0 Å². The average Bonchev–Trinajstić information content (AvgIpc) is 2.57. The number of aryl methyl sites for hydroxylation is 1. The van der Waals surface area contributed by atoms with Gasteiger partial charge in [-0.05, 0) is 25.1 Å². The molecular weight excluding hydrogens is 182 g/mol. The number of furan rings is 1. The van der Waals surface area contributed by atoms with E-state index in [0.717, 1.165) is 5.76 Å². The minimum Gasteiger partial charge on any atom is -0.460 e. The van der Waals surface area contributed by atoms with Crippen molar-refractivity contribution < 1.29 is 4.42 Å². The second kappa shape index (κ2) is 3.02. The topological polar surface area (TPSA) is 84.9 Å². The lowest BCUT2D eigenvalue weighted by atomic mass is 10.3. The fourth-order valence-electron chi connectivity index (χ4n) is 1.12. The third-order valence-corrected chi connectivity index (χ3v) is 1.83. The molecule has 2 aromatic rings. The highest BCUT2D eigenvalue weighted by molar-refractivity contribution is 5.56. The first-order valence-corrected chi connectivity index (χ1v) is 4.09. The fraction of sp³-hybridized carbons (Fsp3) is 0.111. The summed E-state index contributed by atoms with van der Waals surface area (Å²) in [6.07, 6.45) is 0. The zero-order valence-corrected chi connectivity index (χ0v) is 7.57. The molecule has 5 nitrogen and oxygen atoms in total. The fourth-order valence-corrected chi connectivity index (χ4v) is 1.12. The van der Waals surface area contributed by atoms with Crippen molar-refractivity contribution in [2.45, 2.75) is 6.92 Å². The minimum absolute atomic E-state index is 0.129. The number of rotatable bonds is 1. The second-order valence-electron chi connectivity index (χ2n) is 2.95. The van der Waals surface area contributed by atoms with Crippen LogP contribution in [0.2, 0.25) is 0 Å². The molecule has 0 fully saturated rings. The Morgan fingerprint density at radius 1 is 1.50 bits per heavy atom. The maximum Gasteiger partial charge on any atom is 0.287 e. The summed E-state index contributed by atoms with van der Waals surface area (Å²) >= 11 is 0. The molecule has 0 bridgehead atoms. The van der Waals surface area contributed by atoms with Crippen LogP contribution >= 0.6 is 0 Å². The monoisotopic (exact) mass is 191 g/mol. The third-order valence-electron chi connectivity index (χ3n) is 1.83. The Bertz CT molecular complexity index is 513. The number of anilines is 1. The van der Waals surface area contributed by atoms with Gasteiger partial charge in [-0.3, -0.25) is 4.79 Å². The molecule has 0 atom stereocenters. The minimum atomic E-state index is -0.392. The standard InChI is InChI=1S/C9H9N3O2/c1-5-2-3-8(14-5)7-4-6(10)9(13)12-11-7/h2-4H,1H3,(H2,10,11)(H,12,13). The quantitative estimate of drug-likeness (QED) is 0.701. The van der Waals surface area contributed by atoms with Crippen LogP contribution in [0, 0.1) is 6.92 Å². The average molecular weight is 191 g/mol. The molecule has 0 spiro atoms. The van der Waals surface area contributed by atoms with Gasteiger partial charge in [0.25, 0.3) is 5.56 Å². The molecule has 0 saturated heterocycles. The summed E-state index contributed by atoms with van der Waals surface area (Å²) in [6.45, 7) is 1.83. The molecule has 2 rings (SSSR count). The van der Waals surface area contributed by atoms with E-state index in [9.17, 15) is 4.79 Å². The summed E-state index contributed by atoms with van der Waals surface area (Å²) in [5, 5.41) is 6.10. The van der Waals surface area contributed by atoms with Gasteiger partial charge < -0.3 is 10.2 Å². The zero-order valence-electron chi connectivity index (χ0n) is 7.57. The number of nitrogens with two attached hydrogens (primary N) is 1. The Hall–Kier alpha value is -2.04. The van der Waals surface area contributed by atoms with Gasteiger partial charge in [-0.1, -0.05) is 0 Å². The Balaban J connectivity index is 2.52. The van der Waals surface area contributed by atoms with Gasteiger partial charge in [-0.2, -0.15) is 5.10 Å². The second-order valence-corrected chi connectivity index (χ2v) is 2.95. The van der Waals surface area contributed by atoms with E-state index in [4.69, 9.17) is 10.2 Å². The summed E-state index contributed by atoms with van der Waals surface area (Å²) in [6, 6.07) is 5.07. The molecule has 14 heavy (non-hydrogen) atoms. The predicted octanol–water partition coefficient (Wildman–Crippen LogP) is 0.921. The Morgan fingerprint density at radius 2 is 2.29 bits per heavy atom. The molecule has 2 aromatic heterocycles. The number of aromatic amines is 1. The molecule has 0 aliphatic carbocycles. The summed E-state index contributed by atoms with van der Waals surface area (Å²) in [5.41, 5.74) is 5.70. The molecule has 0 unspecified atom stereocenters. The predicted molar refractivity (Wildman–Crippen MR) is 51.7 cm³/mol. The summed E-state index contributed by atoms with van der Waals surface area (Å²) < 4.78 is 5.32. The van der Waals surface area contributed by atoms with Crippen molar-refractivity contribution in [2.24, 2.45) is 0 Å². The number of nitrogen functional groups attached to an aromatic ring is 1. The van der Waals surface area contributed by atoms with Gasteiger partial charge >= 0.3 is 0 Å². The van der Waals surface area contributed by atoms with Gasteiger partial charge in [0, 0.05) is 0 Å². The lowest BCUT2D eigenvalue weighted by Crippen LogP contribution is -2.13. The van der Waals surface area contributed by atoms with Crippen LogP contribution in [0.5, 0.6) is 0 Å². The van der Waals surface area contributed by atoms with Crippen LogP contribution in [-0.2, 0) is 0 Å². The van der Waals surface area contributed by atoms with Crippen molar-refractivity contribution in [3.8, 4) is 11.5 Å². The Morgan fingerprint density at radius 3 is 2.86 bits per heavy atom. The van der Waals surface area contributed by atoms with E-state index < -0.39 is 5.56 Å². The van der Waals surface area contributed by atoms with Gasteiger partial charge in [-0.25, -0.2) is 5.10 Å². The summed E-state index contributed by atoms with van der Waals surface area (Å²) in [4.78, 5) is 10.9. The first-order valence-electron chi connectivity index (χ1n) is 4.09. The molecule has 0 radical (unpaired) electrons. The molecular formula is C9H9N3O2. The van der Waals surface area contributed by atoms with Gasteiger partial charge in [0.05, 0.1) is 0 Å². The van der Waals surface area contributed by atoms with E-state index in [1.165, 1.54) is 6.07 Å². The normalized spacial score (nSPS) is 10.4.